The van der Waals surface area contributed by atoms with Crippen molar-refractivity contribution in [3.8, 4) is 5.75 Å². The second-order valence-electron chi connectivity index (χ2n) is 4.51. The minimum Gasteiger partial charge on any atom is -0.484 e. The van der Waals surface area contributed by atoms with Gasteiger partial charge in [0.05, 0.1) is 0 Å². The molecule has 0 aliphatic rings. The second-order valence-corrected chi connectivity index (χ2v) is 5.31. The summed E-state index contributed by atoms with van der Waals surface area (Å²) in [5.74, 6) is 2.07. The molecule has 0 aliphatic heterocycles. The number of hydrogen-bond acceptors (Lipinski definition) is 4. The third-order valence-electron chi connectivity index (χ3n) is 2.76. The molecule has 0 aliphatic carbocycles. The minimum atomic E-state index is 0.303. The molecule has 4 nitrogen and oxygen atoms in total. The zero-order chi connectivity index (χ0) is 13.8. The highest BCUT2D eigenvalue weighted by molar-refractivity contribution is 9.10. The summed E-state index contributed by atoms with van der Waals surface area (Å²) in [6.45, 7) is 6.46. The van der Waals surface area contributed by atoms with Crippen LogP contribution in [0.5, 0.6) is 5.75 Å². The van der Waals surface area contributed by atoms with Gasteiger partial charge in [-0.2, -0.15) is 4.98 Å². The average Bonchev–Trinajstić information content (AvgIpc) is 2.81. The first-order valence-electron chi connectivity index (χ1n) is 6.31. The molecule has 1 aromatic carbocycles. The van der Waals surface area contributed by atoms with Crippen molar-refractivity contribution < 1.29 is 9.26 Å². The Morgan fingerprint density at radius 2 is 1.95 bits per heavy atom. The Kier molecular flexibility index (Phi) is 4.58. The van der Waals surface area contributed by atoms with E-state index in [4.69, 9.17) is 9.26 Å². The first-order valence-corrected chi connectivity index (χ1v) is 7.10. The number of rotatable bonds is 5. The number of aryl methyl sites for hydroxylation is 3. The molecule has 0 saturated carbocycles. The molecule has 0 unspecified atom stereocenters. The lowest BCUT2D eigenvalue weighted by atomic mass is 10.1. The molecule has 1 aromatic heterocycles. The monoisotopic (exact) mass is 324 g/mol. The molecule has 2 aromatic rings. The van der Waals surface area contributed by atoms with E-state index in [1.165, 1.54) is 0 Å². The minimum absolute atomic E-state index is 0.303. The van der Waals surface area contributed by atoms with Gasteiger partial charge in [-0.25, -0.2) is 0 Å². The van der Waals surface area contributed by atoms with Gasteiger partial charge in [0, 0.05) is 10.9 Å². The van der Waals surface area contributed by atoms with E-state index in [0.29, 0.717) is 12.5 Å². The van der Waals surface area contributed by atoms with Crippen LogP contribution in [0.1, 0.15) is 36.2 Å². The molecule has 0 amide bonds. The van der Waals surface area contributed by atoms with Crippen LogP contribution in [0.25, 0.3) is 0 Å². The molecule has 0 spiro atoms. The van der Waals surface area contributed by atoms with Gasteiger partial charge < -0.3 is 9.26 Å². The van der Waals surface area contributed by atoms with Crippen molar-refractivity contribution >= 4 is 15.9 Å². The Balaban J connectivity index is 2.01. The summed E-state index contributed by atoms with van der Waals surface area (Å²) in [6.07, 6.45) is 1.84. The summed E-state index contributed by atoms with van der Waals surface area (Å²) in [5.41, 5.74) is 2.29. The van der Waals surface area contributed by atoms with Crippen LogP contribution >= 0.6 is 15.9 Å². The Morgan fingerprint density at radius 1 is 1.26 bits per heavy atom. The average molecular weight is 325 g/mol. The van der Waals surface area contributed by atoms with Crippen LogP contribution in [0.2, 0.25) is 0 Å². The van der Waals surface area contributed by atoms with Gasteiger partial charge in [-0.15, -0.1) is 0 Å². The first-order chi connectivity index (χ1) is 9.10. The van der Waals surface area contributed by atoms with Crippen molar-refractivity contribution in [3.05, 3.63) is 39.4 Å². The molecule has 0 saturated heterocycles. The van der Waals surface area contributed by atoms with Crippen LogP contribution in [-0.4, -0.2) is 10.1 Å². The molecule has 0 fully saturated rings. The predicted molar refractivity (Wildman–Crippen MR) is 76.2 cm³/mol. The van der Waals surface area contributed by atoms with E-state index in [-0.39, 0.29) is 0 Å². The van der Waals surface area contributed by atoms with Crippen molar-refractivity contribution in [3.63, 3.8) is 0 Å². The van der Waals surface area contributed by atoms with Crippen molar-refractivity contribution in [2.75, 3.05) is 0 Å². The van der Waals surface area contributed by atoms with Crippen LogP contribution in [0.4, 0.5) is 0 Å². The lowest BCUT2D eigenvalue weighted by molar-refractivity contribution is 0.242. The number of nitrogens with zero attached hydrogens (tertiary/aromatic N) is 2. The molecule has 0 N–H and O–H groups in total. The molecule has 1 heterocycles. The van der Waals surface area contributed by atoms with Crippen molar-refractivity contribution in [1.29, 1.82) is 0 Å². The highest BCUT2D eigenvalue weighted by atomic mass is 79.9. The molecule has 0 radical (unpaired) electrons. The molecule has 5 heteroatoms. The standard InChI is InChI=1S/C14H17BrN2O2/c1-4-5-12-16-13(19-17-12)8-18-11-6-9(2)14(15)10(3)7-11/h6-7H,4-5,8H2,1-3H3. The van der Waals surface area contributed by atoms with Crippen LogP contribution in [0.3, 0.4) is 0 Å². The van der Waals surface area contributed by atoms with Gasteiger partial charge in [0.15, 0.2) is 12.4 Å². The Bertz CT molecular complexity index is 543. The number of hydrogen-bond donors (Lipinski definition) is 0. The van der Waals surface area contributed by atoms with Gasteiger partial charge in [0.1, 0.15) is 5.75 Å². The molecular formula is C14H17BrN2O2. The summed E-state index contributed by atoms with van der Waals surface area (Å²) in [5, 5.41) is 3.89. The van der Waals surface area contributed by atoms with E-state index in [9.17, 15) is 0 Å². The predicted octanol–water partition coefficient (Wildman–Crippen LogP) is 3.98. The van der Waals surface area contributed by atoms with E-state index in [0.717, 1.165) is 40.0 Å². The maximum absolute atomic E-state index is 5.68. The summed E-state index contributed by atoms with van der Waals surface area (Å²) in [6, 6.07) is 3.97. The van der Waals surface area contributed by atoms with Gasteiger partial charge in [-0.3, -0.25) is 0 Å². The Morgan fingerprint density at radius 3 is 2.58 bits per heavy atom. The number of ether oxygens (including phenoxy) is 1. The van der Waals surface area contributed by atoms with Gasteiger partial charge in [0.25, 0.3) is 5.89 Å². The lowest BCUT2D eigenvalue weighted by Gasteiger charge is -2.08. The third kappa shape index (κ3) is 3.56. The second kappa shape index (κ2) is 6.19. The zero-order valence-electron chi connectivity index (χ0n) is 11.4. The summed E-state index contributed by atoms with van der Waals surface area (Å²) < 4.78 is 11.9. The summed E-state index contributed by atoms with van der Waals surface area (Å²) in [4.78, 5) is 4.27. The van der Waals surface area contributed by atoms with Gasteiger partial charge >= 0.3 is 0 Å². The quantitative estimate of drug-likeness (QED) is 0.834. The van der Waals surface area contributed by atoms with Gasteiger partial charge in [-0.1, -0.05) is 28.0 Å². The fourth-order valence-electron chi connectivity index (χ4n) is 1.81. The van der Waals surface area contributed by atoms with E-state index in [1.54, 1.807) is 0 Å². The van der Waals surface area contributed by atoms with Gasteiger partial charge in [0.2, 0.25) is 0 Å². The summed E-state index contributed by atoms with van der Waals surface area (Å²) >= 11 is 3.53. The number of aromatic nitrogens is 2. The van der Waals surface area contributed by atoms with E-state index in [1.807, 2.05) is 26.0 Å². The maximum atomic E-state index is 5.68. The fraction of sp³-hybridized carbons (Fsp3) is 0.429. The molecular weight excluding hydrogens is 308 g/mol. The highest BCUT2D eigenvalue weighted by Gasteiger charge is 2.08. The maximum Gasteiger partial charge on any atom is 0.264 e. The van der Waals surface area contributed by atoms with Crippen molar-refractivity contribution in [2.45, 2.75) is 40.2 Å². The molecule has 2 rings (SSSR count). The van der Waals surface area contributed by atoms with Crippen LogP contribution in [0, 0.1) is 13.8 Å². The largest absolute Gasteiger partial charge is 0.484 e. The molecule has 0 atom stereocenters. The zero-order valence-corrected chi connectivity index (χ0v) is 13.0. The van der Waals surface area contributed by atoms with Crippen molar-refractivity contribution in [1.82, 2.24) is 10.1 Å². The molecule has 102 valence electrons. The van der Waals surface area contributed by atoms with E-state index in [2.05, 4.69) is 33.0 Å². The number of benzene rings is 1. The Hall–Kier alpha value is -1.36. The fourth-order valence-corrected chi connectivity index (χ4v) is 2.04. The van der Waals surface area contributed by atoms with Crippen LogP contribution in [-0.2, 0) is 13.0 Å². The van der Waals surface area contributed by atoms with E-state index >= 15 is 0 Å². The number of halogens is 1. The molecule has 0 bridgehead atoms. The van der Waals surface area contributed by atoms with Gasteiger partial charge in [-0.05, 0) is 43.5 Å². The van der Waals surface area contributed by atoms with Crippen molar-refractivity contribution in [2.24, 2.45) is 0 Å². The highest BCUT2D eigenvalue weighted by Crippen LogP contribution is 2.26. The van der Waals surface area contributed by atoms with Crippen LogP contribution < -0.4 is 4.74 Å². The SMILES string of the molecule is CCCc1noc(COc2cc(C)c(Br)c(C)c2)n1. The third-order valence-corrected chi connectivity index (χ3v) is 4.01. The normalized spacial score (nSPS) is 10.7. The van der Waals surface area contributed by atoms with Crippen LogP contribution in [0.15, 0.2) is 21.1 Å². The lowest BCUT2D eigenvalue weighted by Crippen LogP contribution is -1.97. The molecule has 19 heavy (non-hydrogen) atoms. The van der Waals surface area contributed by atoms with E-state index < -0.39 is 0 Å². The topological polar surface area (TPSA) is 48.2 Å². The first kappa shape index (κ1) is 14.1. The Labute approximate surface area is 121 Å². The summed E-state index contributed by atoms with van der Waals surface area (Å²) in [7, 11) is 0. The smallest absolute Gasteiger partial charge is 0.264 e.